The maximum absolute atomic E-state index is 12.7. The highest BCUT2D eigenvalue weighted by Crippen LogP contribution is 2.28. The Morgan fingerprint density at radius 3 is 2.86 bits per heavy atom. The van der Waals surface area contributed by atoms with Crippen LogP contribution in [0.3, 0.4) is 0 Å². The number of piperidine rings is 1. The molecular weight excluding hydrogens is 280 g/mol. The number of nitrogens with zero attached hydrogens (tertiary/aromatic N) is 3. The molecule has 3 heterocycles. The van der Waals surface area contributed by atoms with Gasteiger partial charge in [0, 0.05) is 51.1 Å². The Kier molecular flexibility index (Phi) is 5.10. The molecule has 22 heavy (non-hydrogen) atoms. The van der Waals surface area contributed by atoms with Crippen LogP contribution in [0.5, 0.6) is 0 Å². The lowest BCUT2D eigenvalue weighted by atomic mass is 9.93. The maximum atomic E-state index is 12.7. The number of amides is 1. The summed E-state index contributed by atoms with van der Waals surface area (Å²) in [7, 11) is 1.72. The van der Waals surface area contributed by atoms with Crippen LogP contribution in [0.4, 0.5) is 0 Å². The Labute approximate surface area is 131 Å². The van der Waals surface area contributed by atoms with Crippen LogP contribution in [0.1, 0.15) is 30.9 Å². The highest BCUT2D eigenvalue weighted by molar-refractivity contribution is 5.79. The van der Waals surface area contributed by atoms with Crippen molar-refractivity contribution in [2.24, 2.45) is 5.92 Å². The first kappa shape index (κ1) is 15.5. The van der Waals surface area contributed by atoms with Crippen LogP contribution in [-0.4, -0.2) is 72.3 Å². The number of aromatic nitrogens is 2. The lowest BCUT2D eigenvalue weighted by Gasteiger charge is -2.33. The number of carbonyl (C=O) groups is 1. The van der Waals surface area contributed by atoms with Gasteiger partial charge in [0.15, 0.2) is 0 Å². The van der Waals surface area contributed by atoms with E-state index in [9.17, 15) is 4.79 Å². The average Bonchev–Trinajstić information content (AvgIpc) is 3.24. The summed E-state index contributed by atoms with van der Waals surface area (Å²) in [6.07, 6.45) is 4.87. The Morgan fingerprint density at radius 2 is 2.18 bits per heavy atom. The Balaban J connectivity index is 1.46. The van der Waals surface area contributed by atoms with E-state index in [1.807, 2.05) is 6.07 Å². The zero-order valence-corrected chi connectivity index (χ0v) is 13.3. The maximum Gasteiger partial charge on any atom is 0.227 e. The van der Waals surface area contributed by atoms with Gasteiger partial charge in [0.25, 0.3) is 0 Å². The summed E-state index contributed by atoms with van der Waals surface area (Å²) < 4.78 is 5.12. The fraction of sp³-hybridized carbons (Fsp3) is 0.750. The molecule has 1 aromatic heterocycles. The molecule has 0 saturated carbocycles. The number of methoxy groups -OCH3 is 1. The fourth-order valence-electron chi connectivity index (χ4n) is 3.62. The molecule has 0 radical (unpaired) electrons. The first-order valence-corrected chi connectivity index (χ1v) is 8.27. The summed E-state index contributed by atoms with van der Waals surface area (Å²) >= 11 is 0. The van der Waals surface area contributed by atoms with E-state index in [1.165, 1.54) is 5.69 Å². The van der Waals surface area contributed by atoms with Gasteiger partial charge in [0.05, 0.1) is 12.5 Å². The van der Waals surface area contributed by atoms with E-state index >= 15 is 0 Å². The minimum atomic E-state index is 0.181. The van der Waals surface area contributed by atoms with Crippen LogP contribution < -0.4 is 0 Å². The molecule has 6 nitrogen and oxygen atoms in total. The number of H-pyrrole nitrogens is 1. The molecule has 0 spiro atoms. The molecule has 2 aliphatic heterocycles. The van der Waals surface area contributed by atoms with E-state index in [-0.39, 0.29) is 5.92 Å². The quantitative estimate of drug-likeness (QED) is 0.884. The van der Waals surface area contributed by atoms with Gasteiger partial charge in [0.1, 0.15) is 0 Å². The molecule has 2 fully saturated rings. The molecule has 1 aromatic rings. The third-order valence-corrected chi connectivity index (χ3v) is 5.00. The van der Waals surface area contributed by atoms with Crippen molar-refractivity contribution in [3.05, 3.63) is 18.0 Å². The summed E-state index contributed by atoms with van der Waals surface area (Å²) in [4.78, 5) is 17.1. The van der Waals surface area contributed by atoms with Gasteiger partial charge in [-0.2, -0.15) is 5.10 Å². The lowest BCUT2D eigenvalue weighted by Crippen LogP contribution is -2.42. The molecule has 3 rings (SSSR count). The predicted octanol–water partition coefficient (Wildman–Crippen LogP) is 1.08. The van der Waals surface area contributed by atoms with Gasteiger partial charge in [0.2, 0.25) is 5.91 Å². The molecule has 6 heteroatoms. The molecule has 122 valence electrons. The van der Waals surface area contributed by atoms with Gasteiger partial charge in [-0.05, 0) is 31.9 Å². The van der Waals surface area contributed by atoms with Crippen molar-refractivity contribution in [2.45, 2.75) is 25.2 Å². The molecule has 0 aliphatic carbocycles. The second-order valence-corrected chi connectivity index (χ2v) is 6.39. The SMILES string of the molecule is COCCN1CC[C@@H](C(=O)N2CCC(c3ccn[nH]3)CC2)C1. The van der Waals surface area contributed by atoms with E-state index in [1.54, 1.807) is 13.3 Å². The zero-order chi connectivity index (χ0) is 15.4. The highest BCUT2D eigenvalue weighted by atomic mass is 16.5. The first-order chi connectivity index (χ1) is 10.8. The van der Waals surface area contributed by atoms with Crippen LogP contribution in [0.2, 0.25) is 0 Å². The van der Waals surface area contributed by atoms with Crippen molar-refractivity contribution in [2.75, 3.05) is 46.4 Å². The number of likely N-dealkylation sites (tertiary alicyclic amines) is 2. The van der Waals surface area contributed by atoms with Gasteiger partial charge in [-0.3, -0.25) is 9.89 Å². The Hall–Kier alpha value is -1.40. The Bertz CT molecular complexity index is 469. The molecule has 1 amide bonds. The number of nitrogens with one attached hydrogen (secondary N) is 1. The Morgan fingerprint density at radius 1 is 1.36 bits per heavy atom. The number of rotatable bonds is 5. The highest BCUT2D eigenvalue weighted by Gasteiger charge is 2.33. The normalized spacial score (nSPS) is 24.0. The minimum absolute atomic E-state index is 0.181. The molecule has 0 unspecified atom stereocenters. The van der Waals surface area contributed by atoms with Gasteiger partial charge in [-0.25, -0.2) is 0 Å². The topological polar surface area (TPSA) is 61.5 Å². The number of carbonyl (C=O) groups excluding carboxylic acids is 1. The summed E-state index contributed by atoms with van der Waals surface area (Å²) in [6.45, 7) is 5.33. The molecule has 0 bridgehead atoms. The second kappa shape index (κ2) is 7.24. The summed E-state index contributed by atoms with van der Waals surface area (Å²) in [5.41, 5.74) is 1.21. The van der Waals surface area contributed by atoms with Crippen LogP contribution in [0.25, 0.3) is 0 Å². The summed E-state index contributed by atoms with van der Waals surface area (Å²) in [6, 6.07) is 2.05. The van der Waals surface area contributed by atoms with Crippen LogP contribution >= 0.6 is 0 Å². The van der Waals surface area contributed by atoms with Crippen LogP contribution in [-0.2, 0) is 9.53 Å². The van der Waals surface area contributed by atoms with E-state index in [0.717, 1.165) is 58.6 Å². The smallest absolute Gasteiger partial charge is 0.227 e. The van der Waals surface area contributed by atoms with Crippen molar-refractivity contribution in [1.82, 2.24) is 20.0 Å². The minimum Gasteiger partial charge on any atom is -0.383 e. The van der Waals surface area contributed by atoms with Gasteiger partial charge in [-0.15, -0.1) is 0 Å². The zero-order valence-electron chi connectivity index (χ0n) is 13.3. The monoisotopic (exact) mass is 306 g/mol. The molecule has 2 aliphatic rings. The van der Waals surface area contributed by atoms with Gasteiger partial charge >= 0.3 is 0 Å². The number of hydrogen-bond acceptors (Lipinski definition) is 4. The van der Waals surface area contributed by atoms with Gasteiger partial charge < -0.3 is 14.5 Å². The third kappa shape index (κ3) is 3.50. The summed E-state index contributed by atoms with van der Waals surface area (Å²) in [5, 5.41) is 7.09. The molecule has 1 N–H and O–H groups in total. The second-order valence-electron chi connectivity index (χ2n) is 6.39. The van der Waals surface area contributed by atoms with Crippen molar-refractivity contribution in [1.29, 1.82) is 0 Å². The lowest BCUT2D eigenvalue weighted by molar-refractivity contribution is -0.136. The molecule has 1 atom stereocenters. The van der Waals surface area contributed by atoms with Crippen molar-refractivity contribution in [3.63, 3.8) is 0 Å². The fourth-order valence-corrected chi connectivity index (χ4v) is 3.62. The summed E-state index contributed by atoms with van der Waals surface area (Å²) in [5.74, 6) is 1.05. The number of hydrogen-bond donors (Lipinski definition) is 1. The van der Waals surface area contributed by atoms with E-state index in [2.05, 4.69) is 20.0 Å². The van der Waals surface area contributed by atoms with E-state index < -0.39 is 0 Å². The molecule has 2 saturated heterocycles. The van der Waals surface area contributed by atoms with Crippen molar-refractivity contribution >= 4 is 5.91 Å². The standard InChI is InChI=1S/C16H26N4O2/c1-22-11-10-19-7-3-14(12-19)16(21)20-8-4-13(5-9-20)15-2-6-17-18-15/h2,6,13-14H,3-5,7-12H2,1H3,(H,17,18)/t14-/m1/s1. The van der Waals surface area contributed by atoms with Gasteiger partial charge in [-0.1, -0.05) is 0 Å². The van der Waals surface area contributed by atoms with E-state index in [0.29, 0.717) is 11.8 Å². The molecular formula is C16H26N4O2. The first-order valence-electron chi connectivity index (χ1n) is 8.27. The number of aromatic amines is 1. The van der Waals surface area contributed by atoms with Crippen molar-refractivity contribution in [3.8, 4) is 0 Å². The largest absolute Gasteiger partial charge is 0.383 e. The third-order valence-electron chi connectivity index (χ3n) is 5.00. The predicted molar refractivity (Wildman–Crippen MR) is 83.6 cm³/mol. The van der Waals surface area contributed by atoms with Crippen molar-refractivity contribution < 1.29 is 9.53 Å². The van der Waals surface area contributed by atoms with E-state index in [4.69, 9.17) is 4.74 Å². The number of ether oxygens (including phenoxy) is 1. The van der Waals surface area contributed by atoms with Crippen LogP contribution in [0.15, 0.2) is 12.3 Å². The average molecular weight is 306 g/mol. The molecule has 0 aromatic carbocycles. The van der Waals surface area contributed by atoms with Crippen LogP contribution in [0, 0.1) is 5.92 Å².